The van der Waals surface area contributed by atoms with Crippen molar-refractivity contribution >= 4 is 21.7 Å². The van der Waals surface area contributed by atoms with Gasteiger partial charge in [-0.1, -0.05) is 18.2 Å². The summed E-state index contributed by atoms with van der Waals surface area (Å²) in [4.78, 5) is 1.54. The fraction of sp³-hybridized carbons (Fsp3) is 0.444. The van der Waals surface area contributed by atoms with E-state index in [0.29, 0.717) is 10.9 Å². The van der Waals surface area contributed by atoms with Gasteiger partial charge in [0.2, 0.25) is 0 Å². The molecule has 20 heavy (non-hydrogen) atoms. The minimum Gasteiger partial charge on any atom is -0.488 e. The van der Waals surface area contributed by atoms with Gasteiger partial charge < -0.3 is 4.74 Å². The van der Waals surface area contributed by atoms with E-state index in [1.807, 2.05) is 0 Å². The normalized spacial score (nSPS) is 16.8. The Balaban J connectivity index is 2.09. The molecule has 2 aromatic rings. The first-order valence-electron chi connectivity index (χ1n) is 7.43. The van der Waals surface area contributed by atoms with Gasteiger partial charge in [-0.25, -0.2) is 0 Å². The lowest BCUT2D eigenvalue weighted by molar-refractivity contribution is 0.133. The summed E-state index contributed by atoms with van der Waals surface area (Å²) in [5, 5.41) is 2.65. The third-order valence-corrected chi connectivity index (χ3v) is 6.14. The molecule has 2 aromatic carbocycles. The van der Waals surface area contributed by atoms with E-state index in [4.69, 9.17) is 4.74 Å². The SMILES string of the molecule is CC(C)(C)Oc1ccc([S+]2CCCC2)c2ccccc12. The molecule has 1 aliphatic rings. The van der Waals surface area contributed by atoms with Crippen LogP contribution in [-0.2, 0) is 10.9 Å². The zero-order valence-corrected chi connectivity index (χ0v) is 13.4. The van der Waals surface area contributed by atoms with E-state index in [1.54, 1.807) is 4.90 Å². The summed E-state index contributed by atoms with van der Waals surface area (Å²) < 4.78 is 6.14. The van der Waals surface area contributed by atoms with Crippen LogP contribution < -0.4 is 4.74 Å². The van der Waals surface area contributed by atoms with Crippen LogP contribution in [0, 0.1) is 0 Å². The fourth-order valence-electron chi connectivity index (χ4n) is 2.79. The summed E-state index contributed by atoms with van der Waals surface area (Å²) in [6.45, 7) is 6.32. The van der Waals surface area contributed by atoms with Crippen molar-refractivity contribution in [2.75, 3.05) is 11.5 Å². The molecule has 0 saturated carbocycles. The Kier molecular flexibility index (Phi) is 3.68. The average Bonchev–Trinajstić information content (AvgIpc) is 2.91. The van der Waals surface area contributed by atoms with Crippen LogP contribution in [0.15, 0.2) is 41.3 Å². The molecule has 1 aliphatic heterocycles. The summed E-state index contributed by atoms with van der Waals surface area (Å²) in [5.74, 6) is 3.74. The Morgan fingerprint density at radius 2 is 1.55 bits per heavy atom. The average molecular weight is 287 g/mol. The number of benzene rings is 2. The first kappa shape index (κ1) is 13.8. The van der Waals surface area contributed by atoms with Crippen molar-refractivity contribution in [2.45, 2.75) is 44.1 Å². The second kappa shape index (κ2) is 5.33. The van der Waals surface area contributed by atoms with Gasteiger partial charge in [-0.3, -0.25) is 0 Å². The molecule has 0 radical (unpaired) electrons. The Labute approximate surface area is 124 Å². The minimum absolute atomic E-state index is 0.153. The molecule has 0 aliphatic carbocycles. The molecule has 1 fully saturated rings. The molecule has 2 heteroatoms. The number of rotatable bonds is 2. The minimum atomic E-state index is -0.153. The Bertz CT molecular complexity index is 606. The first-order valence-corrected chi connectivity index (χ1v) is 8.99. The molecule has 0 atom stereocenters. The molecule has 0 spiro atoms. The van der Waals surface area contributed by atoms with E-state index >= 15 is 0 Å². The van der Waals surface area contributed by atoms with Crippen molar-refractivity contribution in [3.8, 4) is 5.75 Å². The molecule has 1 nitrogen and oxygen atoms in total. The van der Waals surface area contributed by atoms with Crippen molar-refractivity contribution in [2.24, 2.45) is 0 Å². The third-order valence-electron chi connectivity index (χ3n) is 3.60. The standard InChI is InChI=1S/C18H23OS/c1-18(2,3)19-16-10-11-17(20-12-6-7-13-20)15-9-5-4-8-14(15)16/h4-5,8-11H,6-7,12-13H2,1-3H3/q+1. The topological polar surface area (TPSA) is 9.23 Å². The van der Waals surface area contributed by atoms with Crippen molar-refractivity contribution < 1.29 is 4.74 Å². The number of fused-ring (bicyclic) bond motifs is 1. The number of hydrogen-bond donors (Lipinski definition) is 0. The van der Waals surface area contributed by atoms with E-state index in [0.717, 1.165) is 5.75 Å². The Morgan fingerprint density at radius 3 is 2.20 bits per heavy atom. The van der Waals surface area contributed by atoms with Crippen molar-refractivity contribution in [3.05, 3.63) is 36.4 Å². The molecule has 1 saturated heterocycles. The van der Waals surface area contributed by atoms with Gasteiger partial charge in [0, 0.05) is 21.7 Å². The summed E-state index contributed by atoms with van der Waals surface area (Å²) in [5.41, 5.74) is -0.153. The van der Waals surface area contributed by atoms with Crippen molar-refractivity contribution in [1.29, 1.82) is 0 Å². The van der Waals surface area contributed by atoms with Crippen LogP contribution in [0.5, 0.6) is 5.75 Å². The van der Waals surface area contributed by atoms with Crippen LogP contribution in [0.2, 0.25) is 0 Å². The maximum absolute atomic E-state index is 6.14. The maximum atomic E-state index is 6.14. The van der Waals surface area contributed by atoms with E-state index < -0.39 is 0 Å². The van der Waals surface area contributed by atoms with Gasteiger partial charge in [-0.15, -0.1) is 0 Å². The summed E-state index contributed by atoms with van der Waals surface area (Å²) in [7, 11) is 0.448. The van der Waals surface area contributed by atoms with Crippen LogP contribution >= 0.6 is 0 Å². The highest BCUT2D eigenvalue weighted by atomic mass is 32.2. The van der Waals surface area contributed by atoms with Gasteiger partial charge in [0.25, 0.3) is 0 Å². The Hall–Kier alpha value is -1.15. The highest BCUT2D eigenvalue weighted by Crippen LogP contribution is 2.35. The second-order valence-electron chi connectivity index (χ2n) is 6.43. The van der Waals surface area contributed by atoms with Crippen LogP contribution in [0.25, 0.3) is 10.8 Å². The highest BCUT2D eigenvalue weighted by molar-refractivity contribution is 7.97. The molecule has 106 valence electrons. The predicted molar refractivity (Wildman–Crippen MR) is 88.9 cm³/mol. The van der Waals surface area contributed by atoms with E-state index in [9.17, 15) is 0 Å². The lowest BCUT2D eigenvalue weighted by Crippen LogP contribution is -2.23. The maximum Gasteiger partial charge on any atom is 0.162 e. The van der Waals surface area contributed by atoms with Crippen LogP contribution in [0.4, 0.5) is 0 Å². The van der Waals surface area contributed by atoms with E-state index in [2.05, 4.69) is 57.2 Å². The van der Waals surface area contributed by atoms with Gasteiger partial charge in [-0.05, 0) is 51.8 Å². The van der Waals surface area contributed by atoms with Gasteiger partial charge in [0.05, 0.1) is 0 Å². The van der Waals surface area contributed by atoms with E-state index in [-0.39, 0.29) is 5.60 Å². The van der Waals surface area contributed by atoms with Crippen molar-refractivity contribution in [1.82, 2.24) is 0 Å². The number of hydrogen-bond acceptors (Lipinski definition) is 1. The van der Waals surface area contributed by atoms with E-state index in [1.165, 1.54) is 35.1 Å². The van der Waals surface area contributed by atoms with Crippen LogP contribution in [0.3, 0.4) is 0 Å². The lowest BCUT2D eigenvalue weighted by Gasteiger charge is -2.22. The largest absolute Gasteiger partial charge is 0.488 e. The van der Waals surface area contributed by atoms with Gasteiger partial charge >= 0.3 is 0 Å². The number of ether oxygens (including phenoxy) is 1. The monoisotopic (exact) mass is 287 g/mol. The van der Waals surface area contributed by atoms with Crippen LogP contribution in [-0.4, -0.2) is 17.1 Å². The van der Waals surface area contributed by atoms with Crippen molar-refractivity contribution in [3.63, 3.8) is 0 Å². The molecule has 3 rings (SSSR count). The van der Waals surface area contributed by atoms with Gasteiger partial charge in [0.15, 0.2) is 4.90 Å². The molecule has 1 heterocycles. The van der Waals surface area contributed by atoms with Gasteiger partial charge in [0.1, 0.15) is 22.9 Å². The summed E-state index contributed by atoms with van der Waals surface area (Å²) in [6.07, 6.45) is 2.77. The smallest absolute Gasteiger partial charge is 0.162 e. The molecule has 0 N–H and O–H groups in total. The zero-order chi connectivity index (χ0) is 14.2. The summed E-state index contributed by atoms with van der Waals surface area (Å²) in [6, 6.07) is 13.2. The third kappa shape index (κ3) is 2.80. The molecule has 0 unspecified atom stereocenters. The molecular weight excluding hydrogens is 264 g/mol. The second-order valence-corrected chi connectivity index (χ2v) is 8.67. The predicted octanol–water partition coefficient (Wildman–Crippen LogP) is 4.79. The molecular formula is C18H23OS+. The van der Waals surface area contributed by atoms with Crippen LogP contribution in [0.1, 0.15) is 33.6 Å². The zero-order valence-electron chi connectivity index (χ0n) is 12.6. The quantitative estimate of drug-likeness (QED) is 0.722. The Morgan fingerprint density at radius 1 is 0.900 bits per heavy atom. The highest BCUT2D eigenvalue weighted by Gasteiger charge is 2.29. The molecule has 0 amide bonds. The fourth-order valence-corrected chi connectivity index (χ4v) is 5.29. The summed E-state index contributed by atoms with van der Waals surface area (Å²) >= 11 is 0. The lowest BCUT2D eigenvalue weighted by atomic mass is 10.1. The first-order chi connectivity index (χ1) is 9.54. The van der Waals surface area contributed by atoms with Gasteiger partial charge in [-0.2, -0.15) is 0 Å². The molecule has 0 aromatic heterocycles. The molecule has 0 bridgehead atoms.